The van der Waals surface area contributed by atoms with Gasteiger partial charge in [0.1, 0.15) is 0 Å². The molecular weight excluding hydrogens is 362 g/mol. The highest BCUT2D eigenvalue weighted by molar-refractivity contribution is 5.54. The third kappa shape index (κ3) is 4.43. The zero-order chi connectivity index (χ0) is 19.5. The maximum absolute atomic E-state index is 13.4. The van der Waals surface area contributed by atoms with Crippen LogP contribution < -0.4 is 0 Å². The van der Waals surface area contributed by atoms with Crippen LogP contribution in [0.1, 0.15) is 17.0 Å². The lowest BCUT2D eigenvalue weighted by Crippen LogP contribution is -2.45. The minimum Gasteiger partial charge on any atom is -0.338 e. The molecule has 3 aromatic rings. The second-order valence-electron chi connectivity index (χ2n) is 7.18. The van der Waals surface area contributed by atoms with E-state index in [1.165, 1.54) is 17.7 Å². The van der Waals surface area contributed by atoms with E-state index < -0.39 is 11.6 Å². The quantitative estimate of drug-likeness (QED) is 0.672. The molecule has 146 valence electrons. The van der Waals surface area contributed by atoms with Crippen LogP contribution in [-0.2, 0) is 13.1 Å². The standard InChI is InChI=1S/C21H22F2N4O/c1-15-2-5-17(6-3-15)21-24-20(28-25-21)14-27-10-8-26(9-11-27)13-16-4-7-18(22)19(23)12-16/h2-7,12H,8-11,13-14H2,1H3. The number of hydrogen-bond donors (Lipinski definition) is 0. The van der Waals surface area contributed by atoms with Crippen LogP contribution in [0.3, 0.4) is 0 Å². The summed E-state index contributed by atoms with van der Waals surface area (Å²) in [5.74, 6) is -0.397. The lowest BCUT2D eigenvalue weighted by atomic mass is 10.1. The number of aromatic nitrogens is 2. The van der Waals surface area contributed by atoms with Crippen LogP contribution in [-0.4, -0.2) is 46.1 Å². The molecule has 2 heterocycles. The van der Waals surface area contributed by atoms with Gasteiger partial charge < -0.3 is 4.52 Å². The molecule has 5 nitrogen and oxygen atoms in total. The molecule has 0 atom stereocenters. The molecule has 0 aliphatic carbocycles. The van der Waals surface area contributed by atoms with Crippen molar-refractivity contribution in [2.45, 2.75) is 20.0 Å². The van der Waals surface area contributed by atoms with Gasteiger partial charge in [-0.1, -0.05) is 41.1 Å². The average molecular weight is 384 g/mol. The Labute approximate surface area is 162 Å². The fourth-order valence-corrected chi connectivity index (χ4v) is 3.33. The van der Waals surface area contributed by atoms with Gasteiger partial charge in [-0.25, -0.2) is 8.78 Å². The van der Waals surface area contributed by atoms with Gasteiger partial charge >= 0.3 is 0 Å². The predicted octanol–water partition coefficient (Wildman–Crippen LogP) is 3.64. The summed E-state index contributed by atoms with van der Waals surface area (Å²) < 4.78 is 31.8. The van der Waals surface area contributed by atoms with Crippen LogP contribution in [0.5, 0.6) is 0 Å². The first-order valence-corrected chi connectivity index (χ1v) is 9.35. The summed E-state index contributed by atoms with van der Waals surface area (Å²) in [6, 6.07) is 12.1. The van der Waals surface area contributed by atoms with Crippen molar-refractivity contribution in [1.82, 2.24) is 19.9 Å². The average Bonchev–Trinajstić information content (AvgIpc) is 3.15. The molecule has 0 N–H and O–H groups in total. The van der Waals surface area contributed by atoms with Gasteiger partial charge in [-0.15, -0.1) is 0 Å². The molecule has 28 heavy (non-hydrogen) atoms. The van der Waals surface area contributed by atoms with E-state index in [2.05, 4.69) is 19.9 Å². The summed E-state index contributed by atoms with van der Waals surface area (Å²) >= 11 is 0. The van der Waals surface area contributed by atoms with Crippen molar-refractivity contribution in [2.75, 3.05) is 26.2 Å². The summed E-state index contributed by atoms with van der Waals surface area (Å²) in [5, 5.41) is 4.08. The van der Waals surface area contributed by atoms with Crippen molar-refractivity contribution in [1.29, 1.82) is 0 Å². The zero-order valence-corrected chi connectivity index (χ0v) is 15.7. The molecule has 0 spiro atoms. The Balaban J connectivity index is 1.30. The van der Waals surface area contributed by atoms with Gasteiger partial charge in [0.2, 0.25) is 11.7 Å². The summed E-state index contributed by atoms with van der Waals surface area (Å²) in [5.41, 5.74) is 2.91. The first-order valence-electron chi connectivity index (χ1n) is 9.35. The van der Waals surface area contributed by atoms with Gasteiger partial charge in [0.05, 0.1) is 6.54 Å². The monoisotopic (exact) mass is 384 g/mol. The third-order valence-corrected chi connectivity index (χ3v) is 4.99. The Morgan fingerprint density at radius 1 is 0.893 bits per heavy atom. The van der Waals surface area contributed by atoms with E-state index in [1.807, 2.05) is 31.2 Å². The highest BCUT2D eigenvalue weighted by Crippen LogP contribution is 2.18. The van der Waals surface area contributed by atoms with E-state index in [9.17, 15) is 8.78 Å². The molecule has 1 fully saturated rings. The lowest BCUT2D eigenvalue weighted by molar-refractivity contribution is 0.112. The number of nitrogens with zero attached hydrogens (tertiary/aromatic N) is 4. The Bertz CT molecular complexity index is 934. The molecule has 0 unspecified atom stereocenters. The number of halogens is 2. The van der Waals surface area contributed by atoms with Gasteiger partial charge in [0, 0.05) is 38.3 Å². The van der Waals surface area contributed by atoms with Gasteiger partial charge in [0.15, 0.2) is 11.6 Å². The van der Waals surface area contributed by atoms with Gasteiger partial charge in [-0.05, 0) is 24.6 Å². The van der Waals surface area contributed by atoms with Crippen molar-refractivity contribution in [3.05, 3.63) is 71.1 Å². The molecule has 0 radical (unpaired) electrons. The number of hydrogen-bond acceptors (Lipinski definition) is 5. The topological polar surface area (TPSA) is 45.4 Å². The van der Waals surface area contributed by atoms with E-state index >= 15 is 0 Å². The molecule has 0 saturated carbocycles. The number of piperazine rings is 1. The molecule has 1 aliphatic rings. The fraction of sp³-hybridized carbons (Fsp3) is 0.333. The van der Waals surface area contributed by atoms with Crippen LogP contribution in [0.15, 0.2) is 47.0 Å². The number of rotatable bonds is 5. The summed E-state index contributed by atoms with van der Waals surface area (Å²) in [4.78, 5) is 8.99. The molecule has 2 aromatic carbocycles. The molecule has 1 aromatic heterocycles. The SMILES string of the molecule is Cc1ccc(-c2noc(CN3CCN(Cc4ccc(F)c(F)c4)CC3)n2)cc1. The molecule has 4 rings (SSSR count). The van der Waals surface area contributed by atoms with Gasteiger partial charge in [0.25, 0.3) is 0 Å². The van der Waals surface area contributed by atoms with E-state index in [1.54, 1.807) is 6.07 Å². The molecule has 1 saturated heterocycles. The lowest BCUT2D eigenvalue weighted by Gasteiger charge is -2.33. The van der Waals surface area contributed by atoms with E-state index in [0.717, 1.165) is 37.3 Å². The Hall–Kier alpha value is -2.64. The Morgan fingerprint density at radius 2 is 1.57 bits per heavy atom. The van der Waals surface area contributed by atoms with Gasteiger partial charge in [-0.2, -0.15) is 4.98 Å². The Kier molecular flexibility index (Phi) is 5.45. The van der Waals surface area contributed by atoms with Crippen LogP contribution in [0, 0.1) is 18.6 Å². The largest absolute Gasteiger partial charge is 0.338 e. The smallest absolute Gasteiger partial charge is 0.241 e. The fourth-order valence-electron chi connectivity index (χ4n) is 3.33. The normalized spacial score (nSPS) is 15.8. The highest BCUT2D eigenvalue weighted by atomic mass is 19.2. The van der Waals surface area contributed by atoms with Crippen molar-refractivity contribution in [3.8, 4) is 11.4 Å². The molecule has 7 heteroatoms. The van der Waals surface area contributed by atoms with E-state index in [4.69, 9.17) is 4.52 Å². The van der Waals surface area contributed by atoms with E-state index in [-0.39, 0.29) is 0 Å². The number of benzene rings is 2. The molecule has 1 aliphatic heterocycles. The third-order valence-electron chi connectivity index (χ3n) is 4.99. The van der Waals surface area contributed by atoms with Crippen molar-refractivity contribution in [3.63, 3.8) is 0 Å². The summed E-state index contributed by atoms with van der Waals surface area (Å²) in [6.07, 6.45) is 0. The van der Waals surface area contributed by atoms with Gasteiger partial charge in [-0.3, -0.25) is 9.80 Å². The number of aryl methyl sites for hydroxylation is 1. The molecule has 0 amide bonds. The second-order valence-corrected chi connectivity index (χ2v) is 7.18. The maximum Gasteiger partial charge on any atom is 0.241 e. The summed E-state index contributed by atoms with van der Waals surface area (Å²) in [6.45, 7) is 6.66. The van der Waals surface area contributed by atoms with E-state index in [0.29, 0.717) is 24.8 Å². The highest BCUT2D eigenvalue weighted by Gasteiger charge is 2.20. The Morgan fingerprint density at radius 3 is 2.25 bits per heavy atom. The van der Waals surface area contributed by atoms with Crippen LogP contribution in [0.2, 0.25) is 0 Å². The van der Waals surface area contributed by atoms with Crippen molar-refractivity contribution < 1.29 is 13.3 Å². The second kappa shape index (κ2) is 8.16. The minimum atomic E-state index is -0.807. The van der Waals surface area contributed by atoms with Crippen LogP contribution in [0.25, 0.3) is 11.4 Å². The first kappa shape index (κ1) is 18.7. The van der Waals surface area contributed by atoms with Crippen LogP contribution >= 0.6 is 0 Å². The first-order chi connectivity index (χ1) is 13.6. The summed E-state index contributed by atoms with van der Waals surface area (Å²) in [7, 11) is 0. The minimum absolute atomic E-state index is 0.602. The van der Waals surface area contributed by atoms with Crippen LogP contribution in [0.4, 0.5) is 8.78 Å². The maximum atomic E-state index is 13.4. The van der Waals surface area contributed by atoms with Crippen molar-refractivity contribution >= 4 is 0 Å². The zero-order valence-electron chi connectivity index (χ0n) is 15.7. The molecule has 0 bridgehead atoms. The molecular formula is C21H22F2N4O. The van der Waals surface area contributed by atoms with Crippen molar-refractivity contribution in [2.24, 2.45) is 0 Å². The predicted molar refractivity (Wildman–Crippen MR) is 101 cm³/mol.